The quantitative estimate of drug-likeness (QED) is 0.494. The molecule has 2 N–H and O–H groups in total. The molecule has 2 fully saturated rings. The minimum atomic E-state index is -2.87. The van der Waals surface area contributed by atoms with E-state index in [0.29, 0.717) is 12.3 Å². The zero-order chi connectivity index (χ0) is 17.4. The fraction of sp³-hybridized carbons (Fsp3) is 0.938. The molecule has 2 aliphatic heterocycles. The Morgan fingerprint density at radius 2 is 2.04 bits per heavy atom. The molecular weight excluding hydrogens is 328 g/mol. The number of guanidine groups is 1. The largest absolute Gasteiger partial charge is 0.383 e. The van der Waals surface area contributed by atoms with E-state index in [1.165, 1.54) is 0 Å². The van der Waals surface area contributed by atoms with Gasteiger partial charge in [0, 0.05) is 32.8 Å². The predicted octanol–water partition coefficient (Wildman–Crippen LogP) is 0.0870. The predicted molar refractivity (Wildman–Crippen MR) is 97.2 cm³/mol. The van der Waals surface area contributed by atoms with Crippen molar-refractivity contribution in [3.63, 3.8) is 0 Å². The summed E-state index contributed by atoms with van der Waals surface area (Å²) in [5.74, 6) is 1.85. The van der Waals surface area contributed by atoms with Crippen LogP contribution in [0.2, 0.25) is 0 Å². The van der Waals surface area contributed by atoms with Gasteiger partial charge in [-0.25, -0.2) is 8.42 Å². The van der Waals surface area contributed by atoms with Crippen LogP contribution in [0.3, 0.4) is 0 Å². The number of sulfone groups is 1. The molecule has 0 aromatic heterocycles. The maximum atomic E-state index is 11.6. The van der Waals surface area contributed by atoms with Crippen LogP contribution in [0.15, 0.2) is 4.99 Å². The maximum absolute atomic E-state index is 11.6. The van der Waals surface area contributed by atoms with E-state index in [-0.39, 0.29) is 17.5 Å². The van der Waals surface area contributed by atoms with Crippen molar-refractivity contribution in [2.45, 2.75) is 32.2 Å². The lowest BCUT2D eigenvalue weighted by Crippen LogP contribution is -2.44. The minimum Gasteiger partial charge on any atom is -0.383 e. The Labute approximate surface area is 146 Å². The van der Waals surface area contributed by atoms with Crippen molar-refractivity contribution in [1.29, 1.82) is 0 Å². The third-order valence-corrected chi connectivity index (χ3v) is 6.51. The first-order chi connectivity index (χ1) is 11.5. The van der Waals surface area contributed by atoms with Crippen LogP contribution in [-0.2, 0) is 14.6 Å². The van der Waals surface area contributed by atoms with Gasteiger partial charge in [0.15, 0.2) is 15.8 Å². The first-order valence-corrected chi connectivity index (χ1v) is 10.8. The number of hydrogen-bond acceptors (Lipinski definition) is 5. The van der Waals surface area contributed by atoms with Gasteiger partial charge in [0.1, 0.15) is 0 Å². The van der Waals surface area contributed by atoms with Gasteiger partial charge in [-0.05, 0) is 45.2 Å². The zero-order valence-electron chi connectivity index (χ0n) is 15.0. The van der Waals surface area contributed by atoms with Crippen LogP contribution in [0.25, 0.3) is 0 Å². The number of nitrogens with one attached hydrogen (secondary N) is 2. The third-order valence-electron chi connectivity index (χ3n) is 4.74. The van der Waals surface area contributed by atoms with Gasteiger partial charge in [0.2, 0.25) is 0 Å². The molecule has 0 bridgehead atoms. The number of likely N-dealkylation sites (tertiary alicyclic amines) is 1. The Morgan fingerprint density at radius 1 is 1.29 bits per heavy atom. The first-order valence-electron chi connectivity index (χ1n) is 8.99. The smallest absolute Gasteiger partial charge is 0.191 e. The molecule has 7 nitrogen and oxygen atoms in total. The summed E-state index contributed by atoms with van der Waals surface area (Å²) in [7, 11) is -1.12. The topological polar surface area (TPSA) is 83.0 Å². The fourth-order valence-electron chi connectivity index (χ4n) is 3.26. The Morgan fingerprint density at radius 3 is 2.62 bits per heavy atom. The lowest BCUT2D eigenvalue weighted by atomic mass is 9.97. The Bertz CT molecular complexity index is 501. The normalized spacial score (nSPS) is 25.8. The molecule has 0 saturated carbocycles. The van der Waals surface area contributed by atoms with Crippen LogP contribution in [0.5, 0.6) is 0 Å². The van der Waals surface area contributed by atoms with E-state index in [4.69, 9.17) is 9.73 Å². The standard InChI is InChI=1S/C16H32N4O3S/c1-3-17-16(19-15-6-11-24(21,22)13-15)18-12-14-4-7-20(8-5-14)9-10-23-2/h14-15H,3-13H2,1-2H3,(H2,17,18,19). The summed E-state index contributed by atoms with van der Waals surface area (Å²) in [4.78, 5) is 7.13. The average Bonchev–Trinajstić information content (AvgIpc) is 2.90. The zero-order valence-corrected chi connectivity index (χ0v) is 15.8. The molecule has 0 amide bonds. The van der Waals surface area contributed by atoms with Crippen LogP contribution >= 0.6 is 0 Å². The molecule has 140 valence electrons. The molecule has 2 saturated heterocycles. The summed E-state index contributed by atoms with van der Waals surface area (Å²) in [5.41, 5.74) is 0. The SMILES string of the molecule is CCNC(=NCC1CCN(CCOC)CC1)NC1CCS(=O)(=O)C1. The van der Waals surface area contributed by atoms with Gasteiger partial charge in [-0.1, -0.05) is 0 Å². The molecule has 24 heavy (non-hydrogen) atoms. The van der Waals surface area contributed by atoms with E-state index in [1.54, 1.807) is 7.11 Å². The van der Waals surface area contributed by atoms with E-state index in [9.17, 15) is 8.42 Å². The second kappa shape index (κ2) is 9.58. The molecule has 2 rings (SSSR count). The number of ether oxygens (including phenoxy) is 1. The van der Waals surface area contributed by atoms with Crippen LogP contribution in [-0.4, -0.2) is 83.3 Å². The van der Waals surface area contributed by atoms with E-state index in [1.807, 2.05) is 6.92 Å². The highest BCUT2D eigenvalue weighted by molar-refractivity contribution is 7.91. The number of rotatable bonds is 7. The van der Waals surface area contributed by atoms with Crippen molar-refractivity contribution < 1.29 is 13.2 Å². The summed E-state index contributed by atoms with van der Waals surface area (Å²) in [6.45, 7) is 7.61. The highest BCUT2D eigenvalue weighted by atomic mass is 32.2. The molecule has 2 aliphatic rings. The van der Waals surface area contributed by atoms with Gasteiger partial charge >= 0.3 is 0 Å². The van der Waals surface area contributed by atoms with E-state index < -0.39 is 9.84 Å². The van der Waals surface area contributed by atoms with E-state index >= 15 is 0 Å². The third kappa shape index (κ3) is 6.57. The summed E-state index contributed by atoms with van der Waals surface area (Å²) in [5, 5.41) is 6.51. The van der Waals surface area contributed by atoms with Crippen molar-refractivity contribution in [3.8, 4) is 0 Å². The molecule has 0 radical (unpaired) electrons. The van der Waals surface area contributed by atoms with E-state index in [0.717, 1.165) is 58.1 Å². The highest BCUT2D eigenvalue weighted by Crippen LogP contribution is 2.17. The van der Waals surface area contributed by atoms with Gasteiger partial charge in [-0.2, -0.15) is 0 Å². The molecule has 0 aromatic rings. The summed E-state index contributed by atoms with van der Waals surface area (Å²) < 4.78 is 28.3. The van der Waals surface area contributed by atoms with Crippen molar-refractivity contribution in [1.82, 2.24) is 15.5 Å². The van der Waals surface area contributed by atoms with Gasteiger partial charge in [0.25, 0.3) is 0 Å². The molecule has 1 atom stereocenters. The summed E-state index contributed by atoms with van der Waals surface area (Å²) in [6.07, 6.45) is 2.99. The number of piperidine rings is 1. The molecular formula is C16H32N4O3S. The van der Waals surface area contributed by atoms with Gasteiger partial charge < -0.3 is 20.3 Å². The first kappa shape index (κ1) is 19.5. The summed E-state index contributed by atoms with van der Waals surface area (Å²) >= 11 is 0. The Kier molecular flexibility index (Phi) is 7.77. The van der Waals surface area contributed by atoms with Crippen LogP contribution in [0.4, 0.5) is 0 Å². The van der Waals surface area contributed by atoms with E-state index in [2.05, 4.69) is 15.5 Å². The minimum absolute atomic E-state index is 0.0105. The number of hydrogen-bond donors (Lipinski definition) is 2. The van der Waals surface area contributed by atoms with Crippen LogP contribution in [0, 0.1) is 5.92 Å². The lowest BCUT2D eigenvalue weighted by molar-refractivity contribution is 0.121. The second-order valence-corrected chi connectivity index (χ2v) is 8.97. The molecule has 0 aromatic carbocycles. The number of nitrogens with zero attached hydrogens (tertiary/aromatic N) is 2. The lowest BCUT2D eigenvalue weighted by Gasteiger charge is -2.31. The average molecular weight is 361 g/mol. The van der Waals surface area contributed by atoms with Gasteiger partial charge in [-0.3, -0.25) is 4.99 Å². The van der Waals surface area contributed by atoms with Gasteiger partial charge in [0.05, 0.1) is 18.1 Å². The Balaban J connectivity index is 1.77. The van der Waals surface area contributed by atoms with Crippen LogP contribution in [0.1, 0.15) is 26.2 Å². The molecule has 2 heterocycles. The second-order valence-electron chi connectivity index (χ2n) is 6.74. The molecule has 1 unspecified atom stereocenters. The van der Waals surface area contributed by atoms with Crippen molar-refractivity contribution in [3.05, 3.63) is 0 Å². The highest BCUT2D eigenvalue weighted by Gasteiger charge is 2.28. The fourth-order valence-corrected chi connectivity index (χ4v) is 4.93. The van der Waals surface area contributed by atoms with Crippen molar-refractivity contribution in [2.24, 2.45) is 10.9 Å². The molecule has 0 aliphatic carbocycles. The summed E-state index contributed by atoms with van der Waals surface area (Å²) in [6, 6.07) is -0.0105. The molecule has 0 spiro atoms. The number of aliphatic imine (C=N–C) groups is 1. The monoisotopic (exact) mass is 360 g/mol. The maximum Gasteiger partial charge on any atom is 0.191 e. The number of methoxy groups -OCH3 is 1. The molecule has 8 heteroatoms. The van der Waals surface area contributed by atoms with Gasteiger partial charge in [-0.15, -0.1) is 0 Å². The van der Waals surface area contributed by atoms with Crippen LogP contribution < -0.4 is 10.6 Å². The van der Waals surface area contributed by atoms with Crippen molar-refractivity contribution >= 4 is 15.8 Å². The Hall–Kier alpha value is -0.860. The van der Waals surface area contributed by atoms with Crippen molar-refractivity contribution in [2.75, 3.05) is 57.9 Å².